The lowest BCUT2D eigenvalue weighted by Crippen LogP contribution is -2.39. The minimum atomic E-state index is 0.0758. The minimum Gasteiger partial charge on any atom is -0.493 e. The van der Waals surface area contributed by atoms with Crippen LogP contribution in [0.2, 0.25) is 0 Å². The van der Waals surface area contributed by atoms with Crippen molar-refractivity contribution in [3.8, 4) is 5.75 Å². The summed E-state index contributed by atoms with van der Waals surface area (Å²) in [6, 6.07) is 24.1. The Morgan fingerprint density at radius 3 is 2.50 bits per heavy atom. The Morgan fingerprint density at radius 2 is 1.67 bits per heavy atom. The Morgan fingerprint density at radius 1 is 0.933 bits per heavy atom. The lowest BCUT2D eigenvalue weighted by atomic mass is 9.96. The average molecular weight is 396 g/mol. The van der Waals surface area contributed by atoms with Crippen LogP contribution in [0.15, 0.2) is 79.0 Å². The number of piperidine rings is 1. The number of amides is 1. The number of para-hydroxylation sites is 1. The van der Waals surface area contributed by atoms with Gasteiger partial charge in [0, 0.05) is 24.7 Å². The van der Waals surface area contributed by atoms with Gasteiger partial charge in [0.15, 0.2) is 0 Å². The highest BCUT2D eigenvalue weighted by Gasteiger charge is 2.26. The first-order chi connectivity index (χ1) is 14.8. The molecule has 0 atom stereocenters. The van der Waals surface area contributed by atoms with Crippen LogP contribution in [0.3, 0.4) is 0 Å². The van der Waals surface area contributed by atoms with Gasteiger partial charge in [0.2, 0.25) is 0 Å². The molecule has 4 heteroatoms. The lowest BCUT2D eigenvalue weighted by Gasteiger charge is -2.32. The minimum absolute atomic E-state index is 0.0758. The maximum absolute atomic E-state index is 13.4. The molecule has 0 bridgehead atoms. The van der Waals surface area contributed by atoms with E-state index in [4.69, 9.17) is 4.74 Å². The van der Waals surface area contributed by atoms with Crippen molar-refractivity contribution >= 4 is 27.6 Å². The van der Waals surface area contributed by atoms with E-state index in [1.807, 2.05) is 59.5 Å². The number of ether oxygens (including phenoxy) is 1. The van der Waals surface area contributed by atoms with Gasteiger partial charge in [-0.2, -0.15) is 0 Å². The summed E-state index contributed by atoms with van der Waals surface area (Å²) in [6.07, 6.45) is 3.68. The van der Waals surface area contributed by atoms with Crippen molar-refractivity contribution in [2.24, 2.45) is 5.92 Å². The first-order valence-corrected chi connectivity index (χ1v) is 10.5. The van der Waals surface area contributed by atoms with E-state index < -0.39 is 0 Å². The molecule has 0 aliphatic carbocycles. The molecule has 3 aromatic carbocycles. The number of aromatic nitrogens is 1. The second kappa shape index (κ2) is 8.15. The molecule has 1 saturated heterocycles. The molecule has 0 saturated carbocycles. The van der Waals surface area contributed by atoms with E-state index >= 15 is 0 Å². The van der Waals surface area contributed by atoms with Gasteiger partial charge in [-0.05, 0) is 53.8 Å². The zero-order chi connectivity index (χ0) is 20.3. The van der Waals surface area contributed by atoms with Gasteiger partial charge in [0.05, 0.1) is 17.7 Å². The van der Waals surface area contributed by atoms with Crippen LogP contribution in [-0.4, -0.2) is 35.5 Å². The van der Waals surface area contributed by atoms with E-state index in [-0.39, 0.29) is 5.91 Å². The Balaban J connectivity index is 1.32. The van der Waals surface area contributed by atoms with Crippen LogP contribution < -0.4 is 4.74 Å². The van der Waals surface area contributed by atoms with Gasteiger partial charge in [-0.3, -0.25) is 9.78 Å². The second-order valence-electron chi connectivity index (χ2n) is 7.90. The van der Waals surface area contributed by atoms with Gasteiger partial charge in [-0.25, -0.2) is 0 Å². The Labute approximate surface area is 176 Å². The molecule has 5 rings (SSSR count). The molecular weight excluding hydrogens is 372 g/mol. The van der Waals surface area contributed by atoms with Crippen molar-refractivity contribution in [2.75, 3.05) is 19.7 Å². The summed E-state index contributed by atoms with van der Waals surface area (Å²) >= 11 is 0. The van der Waals surface area contributed by atoms with E-state index in [2.05, 4.69) is 23.2 Å². The van der Waals surface area contributed by atoms with Crippen LogP contribution in [0.4, 0.5) is 0 Å². The van der Waals surface area contributed by atoms with Crippen molar-refractivity contribution in [1.29, 1.82) is 0 Å². The third-order valence-corrected chi connectivity index (χ3v) is 5.97. The van der Waals surface area contributed by atoms with Gasteiger partial charge >= 0.3 is 0 Å². The number of nitrogens with zero attached hydrogens (tertiary/aromatic N) is 2. The molecule has 0 radical (unpaired) electrons. The van der Waals surface area contributed by atoms with E-state index in [1.165, 1.54) is 0 Å². The fourth-order valence-electron chi connectivity index (χ4n) is 4.30. The van der Waals surface area contributed by atoms with E-state index in [1.54, 1.807) is 6.20 Å². The van der Waals surface area contributed by atoms with Crippen molar-refractivity contribution < 1.29 is 9.53 Å². The number of hydrogen-bond donors (Lipinski definition) is 0. The Bertz CT molecular complexity index is 1180. The molecule has 30 heavy (non-hydrogen) atoms. The molecule has 150 valence electrons. The van der Waals surface area contributed by atoms with Crippen molar-refractivity contribution in [3.63, 3.8) is 0 Å². The molecule has 4 aromatic rings. The maximum Gasteiger partial charge on any atom is 0.256 e. The monoisotopic (exact) mass is 396 g/mol. The predicted molar refractivity (Wildman–Crippen MR) is 120 cm³/mol. The Hall–Kier alpha value is -3.40. The molecule has 2 heterocycles. The van der Waals surface area contributed by atoms with Crippen molar-refractivity contribution in [3.05, 3.63) is 84.6 Å². The SMILES string of the molecule is O=C(c1cc2ccccc2c2cccnc12)N1CCC(COc2ccccc2)CC1. The number of rotatable bonds is 4. The van der Waals surface area contributed by atoms with Crippen LogP contribution in [0.5, 0.6) is 5.75 Å². The van der Waals surface area contributed by atoms with Crippen LogP contribution >= 0.6 is 0 Å². The first kappa shape index (κ1) is 18.6. The molecule has 4 nitrogen and oxygen atoms in total. The number of likely N-dealkylation sites (tertiary alicyclic amines) is 1. The predicted octanol–water partition coefficient (Wildman–Crippen LogP) is 5.32. The zero-order valence-corrected chi connectivity index (χ0v) is 16.8. The molecule has 1 aliphatic heterocycles. The smallest absolute Gasteiger partial charge is 0.256 e. The quantitative estimate of drug-likeness (QED) is 0.439. The molecule has 0 spiro atoms. The van der Waals surface area contributed by atoms with Crippen molar-refractivity contribution in [2.45, 2.75) is 12.8 Å². The van der Waals surface area contributed by atoms with E-state index in [0.29, 0.717) is 18.1 Å². The molecular formula is C26H24N2O2. The summed E-state index contributed by atoms with van der Waals surface area (Å²) in [4.78, 5) is 19.9. The summed E-state index contributed by atoms with van der Waals surface area (Å²) in [5, 5.41) is 3.24. The van der Waals surface area contributed by atoms with Gasteiger partial charge in [0.1, 0.15) is 5.75 Å². The van der Waals surface area contributed by atoms with Crippen LogP contribution in [-0.2, 0) is 0 Å². The molecule has 0 unspecified atom stereocenters. The van der Waals surface area contributed by atoms with Gasteiger partial charge in [-0.15, -0.1) is 0 Å². The molecule has 0 N–H and O–H groups in total. The third-order valence-electron chi connectivity index (χ3n) is 5.97. The highest BCUT2D eigenvalue weighted by atomic mass is 16.5. The van der Waals surface area contributed by atoms with E-state index in [0.717, 1.165) is 53.4 Å². The normalized spacial score (nSPS) is 14.9. The standard InChI is InChI=1S/C26H24N2O2/c29-26(28-15-12-19(13-16-28)18-30-21-8-2-1-3-9-21)24-17-20-7-4-5-10-22(20)23-11-6-14-27-25(23)24/h1-11,14,17,19H,12-13,15-16,18H2. The molecule has 1 aliphatic rings. The number of pyridine rings is 1. The number of hydrogen-bond acceptors (Lipinski definition) is 3. The Kier molecular flexibility index (Phi) is 5.06. The maximum atomic E-state index is 13.4. The second-order valence-corrected chi connectivity index (χ2v) is 7.90. The van der Waals surface area contributed by atoms with Crippen LogP contribution in [0.25, 0.3) is 21.7 Å². The van der Waals surface area contributed by atoms with Crippen LogP contribution in [0, 0.1) is 5.92 Å². The summed E-state index contributed by atoms with van der Waals surface area (Å²) in [5.41, 5.74) is 1.49. The summed E-state index contributed by atoms with van der Waals surface area (Å²) in [7, 11) is 0. The zero-order valence-electron chi connectivity index (χ0n) is 16.8. The van der Waals surface area contributed by atoms with Gasteiger partial charge in [0.25, 0.3) is 5.91 Å². The van der Waals surface area contributed by atoms with Crippen LogP contribution in [0.1, 0.15) is 23.2 Å². The van der Waals surface area contributed by atoms with Gasteiger partial charge < -0.3 is 9.64 Å². The number of carbonyl (C=O) groups excluding carboxylic acids is 1. The topological polar surface area (TPSA) is 42.4 Å². The number of carbonyl (C=O) groups is 1. The third kappa shape index (κ3) is 3.61. The molecule has 1 aromatic heterocycles. The summed E-state index contributed by atoms with van der Waals surface area (Å²) in [6.45, 7) is 2.21. The van der Waals surface area contributed by atoms with Crippen molar-refractivity contribution in [1.82, 2.24) is 9.88 Å². The largest absolute Gasteiger partial charge is 0.493 e. The fraction of sp³-hybridized carbons (Fsp3) is 0.231. The molecule has 1 amide bonds. The van der Waals surface area contributed by atoms with Gasteiger partial charge in [-0.1, -0.05) is 48.5 Å². The number of fused-ring (bicyclic) bond motifs is 3. The molecule has 1 fully saturated rings. The highest BCUT2D eigenvalue weighted by Crippen LogP contribution is 2.29. The highest BCUT2D eigenvalue weighted by molar-refractivity contribution is 6.15. The summed E-state index contributed by atoms with van der Waals surface area (Å²) in [5.74, 6) is 1.46. The number of benzene rings is 3. The lowest BCUT2D eigenvalue weighted by molar-refractivity contribution is 0.0663. The fourth-order valence-corrected chi connectivity index (χ4v) is 4.30. The average Bonchev–Trinajstić information content (AvgIpc) is 2.83. The first-order valence-electron chi connectivity index (χ1n) is 10.5. The summed E-state index contributed by atoms with van der Waals surface area (Å²) < 4.78 is 5.92. The van der Waals surface area contributed by atoms with E-state index in [9.17, 15) is 4.79 Å².